The van der Waals surface area contributed by atoms with Gasteiger partial charge in [0.1, 0.15) is 11.4 Å². The molecule has 118 valence electrons. The number of nitrogens with zero attached hydrogens (tertiary/aromatic N) is 3. The molecule has 0 aliphatic heterocycles. The van der Waals surface area contributed by atoms with Crippen molar-refractivity contribution in [2.45, 2.75) is 32.2 Å². The quantitative estimate of drug-likeness (QED) is 0.914. The fraction of sp³-hybridized carbons (Fsp3) is 0.412. The molecule has 0 radical (unpaired) electrons. The first-order valence-corrected chi connectivity index (χ1v) is 7.60. The van der Waals surface area contributed by atoms with E-state index in [0.717, 1.165) is 23.7 Å². The molecular weight excluding hydrogens is 292 g/mol. The molecule has 6 nitrogen and oxygen atoms in total. The van der Waals surface area contributed by atoms with Crippen LogP contribution in [0.3, 0.4) is 0 Å². The molecule has 0 saturated heterocycles. The van der Waals surface area contributed by atoms with Crippen LogP contribution >= 0.6 is 0 Å². The van der Waals surface area contributed by atoms with Gasteiger partial charge in [-0.15, -0.1) is 0 Å². The van der Waals surface area contributed by atoms with Crippen LogP contribution < -0.4 is 10.1 Å². The molecule has 1 heterocycles. The summed E-state index contributed by atoms with van der Waals surface area (Å²) in [4.78, 5) is 20.7. The Labute approximate surface area is 134 Å². The van der Waals surface area contributed by atoms with Gasteiger partial charge in [0.2, 0.25) is 5.88 Å². The third kappa shape index (κ3) is 3.24. The van der Waals surface area contributed by atoms with Gasteiger partial charge in [-0.05, 0) is 44.7 Å². The number of nitrogens with one attached hydrogen (secondary N) is 1. The maximum absolute atomic E-state index is 12.1. The molecule has 1 N–H and O–H groups in total. The van der Waals surface area contributed by atoms with Crippen LogP contribution in [0.1, 0.15) is 25.6 Å². The second kappa shape index (κ2) is 5.84. The minimum atomic E-state index is -0.815. The molecule has 1 amide bonds. The fourth-order valence-corrected chi connectivity index (χ4v) is 2.61. The van der Waals surface area contributed by atoms with Crippen LogP contribution in [-0.2, 0) is 4.79 Å². The van der Waals surface area contributed by atoms with Crippen molar-refractivity contribution in [3.63, 3.8) is 0 Å². The first kappa shape index (κ1) is 15.2. The Morgan fingerprint density at radius 2 is 2.17 bits per heavy atom. The van der Waals surface area contributed by atoms with Crippen molar-refractivity contribution in [2.75, 3.05) is 6.61 Å². The highest BCUT2D eigenvalue weighted by atomic mass is 16.5. The van der Waals surface area contributed by atoms with Crippen molar-refractivity contribution in [3.8, 4) is 11.9 Å². The van der Waals surface area contributed by atoms with Crippen LogP contribution in [0.4, 0.5) is 0 Å². The van der Waals surface area contributed by atoms with E-state index in [1.54, 1.807) is 13.8 Å². The zero-order valence-corrected chi connectivity index (χ0v) is 13.2. The predicted molar refractivity (Wildman–Crippen MR) is 84.7 cm³/mol. The average molecular weight is 310 g/mol. The van der Waals surface area contributed by atoms with Crippen LogP contribution in [0.2, 0.25) is 0 Å². The number of para-hydroxylation sites is 1. The van der Waals surface area contributed by atoms with Crippen molar-refractivity contribution in [3.05, 3.63) is 30.1 Å². The van der Waals surface area contributed by atoms with E-state index in [1.807, 2.05) is 24.3 Å². The summed E-state index contributed by atoms with van der Waals surface area (Å²) in [5.74, 6) is 0.882. The monoisotopic (exact) mass is 310 g/mol. The lowest BCUT2D eigenvalue weighted by atomic mass is 9.98. The van der Waals surface area contributed by atoms with Gasteiger partial charge in [-0.1, -0.05) is 12.1 Å². The molecule has 0 unspecified atom stereocenters. The summed E-state index contributed by atoms with van der Waals surface area (Å²) in [6.07, 6.45) is 1.95. The Balaban J connectivity index is 1.71. The summed E-state index contributed by atoms with van der Waals surface area (Å²) in [5.41, 5.74) is -0.0420. The Bertz CT molecular complexity index is 795. The number of aryl methyl sites for hydroxylation is 1. The summed E-state index contributed by atoms with van der Waals surface area (Å²) < 4.78 is 5.58. The van der Waals surface area contributed by atoms with E-state index in [0.29, 0.717) is 11.7 Å². The van der Waals surface area contributed by atoms with E-state index in [-0.39, 0.29) is 18.4 Å². The minimum Gasteiger partial charge on any atom is -0.467 e. The number of benzene rings is 1. The highest BCUT2D eigenvalue weighted by Gasteiger charge is 2.43. The van der Waals surface area contributed by atoms with Crippen LogP contribution in [0.5, 0.6) is 5.88 Å². The topological polar surface area (TPSA) is 87.9 Å². The summed E-state index contributed by atoms with van der Waals surface area (Å²) in [6.45, 7) is 3.36. The standard InChI is InChI=1S/C17H18N4O2/c1-11-19-14-6-4-3-5-13(14)16(20-11)23-9-15(22)21-17(2,10-18)12-7-8-12/h3-6,12H,7-9H2,1-2H3,(H,21,22)/t17-/m0/s1. The molecule has 1 fully saturated rings. The molecule has 1 atom stereocenters. The number of amides is 1. The molecule has 1 aliphatic carbocycles. The molecule has 1 aromatic heterocycles. The Kier molecular flexibility index (Phi) is 3.87. The van der Waals surface area contributed by atoms with Crippen LogP contribution in [0.25, 0.3) is 10.9 Å². The molecule has 0 spiro atoms. The van der Waals surface area contributed by atoms with Crippen LogP contribution in [0, 0.1) is 24.2 Å². The number of fused-ring (bicyclic) bond motifs is 1. The lowest BCUT2D eigenvalue weighted by molar-refractivity contribution is -0.124. The number of hydrogen-bond acceptors (Lipinski definition) is 5. The SMILES string of the molecule is Cc1nc(OCC(=O)N[C@@](C)(C#N)C2CC2)c2ccccc2n1. The molecule has 1 aromatic carbocycles. The normalized spacial score (nSPS) is 16.4. The first-order valence-electron chi connectivity index (χ1n) is 7.60. The van der Waals surface area contributed by atoms with Crippen molar-refractivity contribution in [2.24, 2.45) is 5.92 Å². The van der Waals surface area contributed by atoms with E-state index in [1.165, 1.54) is 0 Å². The van der Waals surface area contributed by atoms with Crippen LogP contribution in [0.15, 0.2) is 24.3 Å². The number of nitriles is 1. The predicted octanol–water partition coefficient (Wildman–Crippen LogP) is 2.13. The molecule has 3 rings (SSSR count). The summed E-state index contributed by atoms with van der Waals surface area (Å²) >= 11 is 0. The van der Waals surface area contributed by atoms with Gasteiger partial charge in [-0.3, -0.25) is 4.79 Å². The lowest BCUT2D eigenvalue weighted by Crippen LogP contribution is -2.48. The van der Waals surface area contributed by atoms with Gasteiger partial charge in [0.25, 0.3) is 5.91 Å². The number of carbonyl (C=O) groups is 1. The molecule has 1 aliphatic rings. The van der Waals surface area contributed by atoms with Gasteiger partial charge in [-0.2, -0.15) is 10.2 Å². The summed E-state index contributed by atoms with van der Waals surface area (Å²) in [6, 6.07) is 9.68. The van der Waals surface area contributed by atoms with Gasteiger partial charge >= 0.3 is 0 Å². The van der Waals surface area contributed by atoms with Crippen LogP contribution in [-0.4, -0.2) is 28.0 Å². The third-order valence-electron chi connectivity index (χ3n) is 4.05. The number of ether oxygens (including phenoxy) is 1. The highest BCUT2D eigenvalue weighted by Crippen LogP contribution is 2.39. The van der Waals surface area contributed by atoms with Gasteiger partial charge in [0.15, 0.2) is 6.61 Å². The molecule has 0 bridgehead atoms. The van der Waals surface area contributed by atoms with E-state index in [4.69, 9.17) is 4.74 Å². The van der Waals surface area contributed by atoms with E-state index < -0.39 is 5.54 Å². The molecule has 1 saturated carbocycles. The zero-order valence-electron chi connectivity index (χ0n) is 13.2. The zero-order chi connectivity index (χ0) is 16.4. The number of rotatable bonds is 5. The molecule has 6 heteroatoms. The van der Waals surface area contributed by atoms with E-state index in [2.05, 4.69) is 21.4 Å². The van der Waals surface area contributed by atoms with Crippen molar-refractivity contribution in [1.82, 2.24) is 15.3 Å². The molecular formula is C17H18N4O2. The summed E-state index contributed by atoms with van der Waals surface area (Å²) in [5, 5.41) is 12.8. The Morgan fingerprint density at radius 3 is 2.87 bits per heavy atom. The Morgan fingerprint density at radius 1 is 1.43 bits per heavy atom. The average Bonchev–Trinajstić information content (AvgIpc) is 3.37. The fourth-order valence-electron chi connectivity index (χ4n) is 2.61. The largest absolute Gasteiger partial charge is 0.467 e. The third-order valence-corrected chi connectivity index (χ3v) is 4.05. The number of hydrogen-bond donors (Lipinski definition) is 1. The second-order valence-corrected chi connectivity index (χ2v) is 6.02. The van der Waals surface area contributed by atoms with Gasteiger partial charge in [-0.25, -0.2) is 4.98 Å². The van der Waals surface area contributed by atoms with Crippen molar-refractivity contribution < 1.29 is 9.53 Å². The minimum absolute atomic E-state index is 0.176. The summed E-state index contributed by atoms with van der Waals surface area (Å²) in [7, 11) is 0. The molecule has 2 aromatic rings. The van der Waals surface area contributed by atoms with Crippen molar-refractivity contribution >= 4 is 16.8 Å². The molecule has 23 heavy (non-hydrogen) atoms. The highest BCUT2D eigenvalue weighted by molar-refractivity contribution is 5.84. The lowest BCUT2D eigenvalue weighted by Gasteiger charge is -2.22. The maximum atomic E-state index is 12.1. The van der Waals surface area contributed by atoms with E-state index >= 15 is 0 Å². The van der Waals surface area contributed by atoms with Gasteiger partial charge in [0, 0.05) is 0 Å². The first-order chi connectivity index (χ1) is 11.0. The number of aromatic nitrogens is 2. The smallest absolute Gasteiger partial charge is 0.259 e. The number of carbonyl (C=O) groups excluding carboxylic acids is 1. The van der Waals surface area contributed by atoms with Gasteiger partial charge in [0.05, 0.1) is 17.0 Å². The maximum Gasteiger partial charge on any atom is 0.259 e. The second-order valence-electron chi connectivity index (χ2n) is 6.02. The van der Waals surface area contributed by atoms with Crippen molar-refractivity contribution in [1.29, 1.82) is 5.26 Å². The van der Waals surface area contributed by atoms with E-state index in [9.17, 15) is 10.1 Å². The Hall–Kier alpha value is -2.68. The van der Waals surface area contributed by atoms with Gasteiger partial charge < -0.3 is 10.1 Å².